The van der Waals surface area contributed by atoms with Crippen molar-refractivity contribution in [1.82, 2.24) is 25.8 Å². The van der Waals surface area contributed by atoms with Crippen LogP contribution in [0.2, 0.25) is 0 Å². The highest BCUT2D eigenvalue weighted by atomic mass is 32.1. The third kappa shape index (κ3) is 6.98. The summed E-state index contributed by atoms with van der Waals surface area (Å²) >= 11 is 1.36. The number of carbonyl (C=O) groups is 5. The number of carbonyl (C=O) groups excluding carboxylic acids is 4. The smallest absolute Gasteiger partial charge is 0.329 e. The summed E-state index contributed by atoms with van der Waals surface area (Å²) in [4.78, 5) is 71.1. The van der Waals surface area contributed by atoms with Gasteiger partial charge in [0.15, 0.2) is 0 Å². The van der Waals surface area contributed by atoms with Crippen LogP contribution in [0.3, 0.4) is 0 Å². The average molecular weight is 628 g/mol. The third-order valence-electron chi connectivity index (χ3n) is 8.90. The number of para-hydroxylation sites is 1. The minimum absolute atomic E-state index is 0.0294. The molecule has 2 aliphatic carbocycles. The van der Waals surface area contributed by atoms with Gasteiger partial charge in [-0.1, -0.05) is 56.6 Å². The molecule has 3 aliphatic rings. The lowest BCUT2D eigenvalue weighted by atomic mass is 9.83. The fourth-order valence-corrected chi connectivity index (χ4v) is 7.16. The van der Waals surface area contributed by atoms with Crippen LogP contribution >= 0.6 is 11.3 Å². The number of ether oxygens (including phenoxy) is 1. The number of nitrogens with zero attached hydrogens (tertiary/aromatic N) is 2. The molecule has 0 bridgehead atoms. The Kier molecular flexibility index (Phi) is 9.42. The van der Waals surface area contributed by atoms with Crippen LogP contribution < -0.4 is 20.7 Å². The molecule has 0 spiro atoms. The number of rotatable bonds is 11. The monoisotopic (exact) mass is 627 g/mol. The Labute approximate surface area is 260 Å². The molecule has 1 saturated heterocycles. The second-order valence-electron chi connectivity index (χ2n) is 12.6. The highest BCUT2D eigenvalue weighted by molar-refractivity contribution is 7.20. The minimum atomic E-state index is -1.32. The SMILES string of the molecule is CC(=O)N[C@H](C(=O)N[C@H](C(=O)N1C[C@H](Oc2nc3ccccc3s2)CC1C(=O)NC1(C(=O)O)CC1)C(C)C)C1CCCCC1. The molecule has 1 unspecified atom stereocenters. The van der Waals surface area contributed by atoms with Crippen molar-refractivity contribution in [2.75, 3.05) is 6.54 Å². The van der Waals surface area contributed by atoms with E-state index in [1.54, 1.807) is 13.8 Å². The first kappa shape index (κ1) is 31.7. The van der Waals surface area contributed by atoms with Gasteiger partial charge < -0.3 is 30.7 Å². The number of hydrogen-bond acceptors (Lipinski definition) is 8. The molecular formula is C31H41N5O7S. The number of carboxylic acid groups (broad SMARTS) is 1. The molecule has 2 heterocycles. The van der Waals surface area contributed by atoms with Crippen LogP contribution in [0.4, 0.5) is 0 Å². The summed E-state index contributed by atoms with van der Waals surface area (Å²) in [5, 5.41) is 18.4. The first-order valence-corrected chi connectivity index (χ1v) is 16.2. The van der Waals surface area contributed by atoms with Crippen molar-refractivity contribution >= 4 is 51.2 Å². The van der Waals surface area contributed by atoms with Crippen LogP contribution in [0.5, 0.6) is 5.19 Å². The van der Waals surface area contributed by atoms with Gasteiger partial charge in [0.25, 0.3) is 5.19 Å². The molecular weight excluding hydrogens is 586 g/mol. The quantitative estimate of drug-likeness (QED) is 0.295. The summed E-state index contributed by atoms with van der Waals surface area (Å²) in [7, 11) is 0. The molecule has 4 atom stereocenters. The fraction of sp³-hybridized carbons (Fsp3) is 0.613. The summed E-state index contributed by atoms with van der Waals surface area (Å²) in [5.74, 6) is -3.25. The second-order valence-corrected chi connectivity index (χ2v) is 13.6. The first-order chi connectivity index (χ1) is 21.0. The Hall–Kier alpha value is -3.74. The standard InChI is InChI=1S/C31H41N5O7S/c1-17(2)24(34-27(39)25(32-18(3)37)19-9-5-4-6-10-19)28(40)36-16-20(43-30-33-21-11-7-8-12-23(21)44-30)15-22(36)26(38)35-31(13-14-31)29(41)42/h7-8,11-12,17,19-20,22,24-25H,4-6,9-10,13-16H2,1-3H3,(H,32,37)(H,34,39)(H,35,38)(H,41,42)/t20-,22?,24+,25+/m1/s1. The lowest BCUT2D eigenvalue weighted by Gasteiger charge is -2.34. The van der Waals surface area contributed by atoms with Crippen LogP contribution in [0.1, 0.15) is 72.1 Å². The number of aliphatic carboxylic acids is 1. The molecule has 238 valence electrons. The van der Waals surface area contributed by atoms with Gasteiger partial charge in [0.2, 0.25) is 23.6 Å². The van der Waals surface area contributed by atoms with Gasteiger partial charge in [-0.25, -0.2) is 9.78 Å². The second kappa shape index (κ2) is 13.1. The topological polar surface area (TPSA) is 167 Å². The number of hydrogen-bond donors (Lipinski definition) is 4. The molecule has 3 fully saturated rings. The molecule has 12 nitrogen and oxygen atoms in total. The van der Waals surface area contributed by atoms with Crippen molar-refractivity contribution < 1.29 is 33.8 Å². The van der Waals surface area contributed by atoms with Crippen LogP contribution in [-0.2, 0) is 24.0 Å². The van der Waals surface area contributed by atoms with E-state index in [9.17, 15) is 29.1 Å². The van der Waals surface area contributed by atoms with Crippen molar-refractivity contribution in [2.24, 2.45) is 11.8 Å². The summed E-state index contributed by atoms with van der Waals surface area (Å²) in [5.41, 5.74) is -0.547. The maximum absolute atomic E-state index is 14.2. The lowest BCUT2D eigenvalue weighted by Crippen LogP contribution is -2.60. The highest BCUT2D eigenvalue weighted by Crippen LogP contribution is 2.37. The van der Waals surface area contributed by atoms with E-state index in [-0.39, 0.29) is 30.7 Å². The zero-order valence-electron chi connectivity index (χ0n) is 25.3. The van der Waals surface area contributed by atoms with E-state index in [0.717, 1.165) is 42.3 Å². The Morgan fingerprint density at radius 1 is 1.07 bits per heavy atom. The average Bonchev–Trinajstić information content (AvgIpc) is 3.47. The van der Waals surface area contributed by atoms with Crippen LogP contribution in [0.15, 0.2) is 24.3 Å². The van der Waals surface area contributed by atoms with Crippen molar-refractivity contribution in [3.63, 3.8) is 0 Å². The Balaban J connectivity index is 1.36. The van der Waals surface area contributed by atoms with Crippen LogP contribution in [0.25, 0.3) is 10.2 Å². The summed E-state index contributed by atoms with van der Waals surface area (Å²) < 4.78 is 7.12. The molecule has 0 radical (unpaired) electrons. The zero-order valence-corrected chi connectivity index (χ0v) is 26.2. The summed E-state index contributed by atoms with van der Waals surface area (Å²) in [6.07, 6.45) is 4.84. The molecule has 2 aromatic rings. The molecule has 4 amide bonds. The largest absolute Gasteiger partial charge is 0.480 e. The lowest BCUT2D eigenvalue weighted by molar-refractivity contribution is -0.146. The van der Waals surface area contributed by atoms with E-state index < -0.39 is 53.5 Å². The van der Waals surface area contributed by atoms with Crippen LogP contribution in [0, 0.1) is 11.8 Å². The van der Waals surface area contributed by atoms with E-state index >= 15 is 0 Å². The molecule has 44 heavy (non-hydrogen) atoms. The van der Waals surface area contributed by atoms with Gasteiger partial charge in [-0.05, 0) is 49.7 Å². The Morgan fingerprint density at radius 3 is 2.39 bits per heavy atom. The van der Waals surface area contributed by atoms with E-state index in [1.165, 1.54) is 23.2 Å². The van der Waals surface area contributed by atoms with Crippen molar-refractivity contribution in [3.05, 3.63) is 24.3 Å². The van der Waals surface area contributed by atoms with Gasteiger partial charge >= 0.3 is 5.97 Å². The molecule has 5 rings (SSSR count). The molecule has 1 aliphatic heterocycles. The van der Waals surface area contributed by atoms with Crippen molar-refractivity contribution in [2.45, 2.75) is 102 Å². The predicted molar refractivity (Wildman–Crippen MR) is 163 cm³/mol. The fourth-order valence-electron chi connectivity index (χ4n) is 6.27. The number of fused-ring (bicyclic) bond motifs is 1. The maximum Gasteiger partial charge on any atom is 0.329 e. The summed E-state index contributed by atoms with van der Waals surface area (Å²) in [6, 6.07) is 4.84. The maximum atomic E-state index is 14.2. The van der Waals surface area contributed by atoms with Gasteiger partial charge in [-0.3, -0.25) is 19.2 Å². The zero-order chi connectivity index (χ0) is 31.6. The van der Waals surface area contributed by atoms with E-state index in [2.05, 4.69) is 20.9 Å². The Morgan fingerprint density at radius 2 is 1.77 bits per heavy atom. The molecule has 1 aromatic carbocycles. The highest BCUT2D eigenvalue weighted by Gasteiger charge is 2.54. The molecule has 4 N–H and O–H groups in total. The summed E-state index contributed by atoms with van der Waals surface area (Å²) in [6.45, 7) is 5.04. The Bertz CT molecular complexity index is 1380. The van der Waals surface area contributed by atoms with Gasteiger partial charge in [-0.15, -0.1) is 0 Å². The van der Waals surface area contributed by atoms with Crippen molar-refractivity contribution in [1.29, 1.82) is 0 Å². The minimum Gasteiger partial charge on any atom is -0.480 e. The molecule has 13 heteroatoms. The van der Waals surface area contributed by atoms with Gasteiger partial charge in [0, 0.05) is 13.3 Å². The third-order valence-corrected chi connectivity index (χ3v) is 9.83. The number of amides is 4. The first-order valence-electron chi connectivity index (χ1n) is 15.4. The molecule has 2 saturated carbocycles. The van der Waals surface area contributed by atoms with Crippen LogP contribution in [-0.4, -0.2) is 80.9 Å². The number of carboxylic acids is 1. The molecule has 1 aromatic heterocycles. The number of thiazole rings is 1. The van der Waals surface area contributed by atoms with E-state index in [1.807, 2.05) is 24.3 Å². The van der Waals surface area contributed by atoms with Crippen molar-refractivity contribution in [3.8, 4) is 5.19 Å². The number of nitrogens with one attached hydrogen (secondary N) is 3. The number of benzene rings is 1. The number of likely N-dealkylation sites (tertiary alicyclic amines) is 1. The normalized spacial score (nSPS) is 22.7. The predicted octanol–water partition coefficient (Wildman–Crippen LogP) is 2.60. The van der Waals surface area contributed by atoms with E-state index in [4.69, 9.17) is 4.74 Å². The number of aromatic nitrogens is 1. The van der Waals surface area contributed by atoms with Gasteiger partial charge in [0.05, 0.1) is 16.8 Å². The van der Waals surface area contributed by atoms with Gasteiger partial charge in [0.1, 0.15) is 29.8 Å². The van der Waals surface area contributed by atoms with Gasteiger partial charge in [-0.2, -0.15) is 0 Å². The van der Waals surface area contributed by atoms with E-state index in [0.29, 0.717) is 18.0 Å².